The molecule has 144 valence electrons. The van der Waals surface area contributed by atoms with Gasteiger partial charge < -0.3 is 4.90 Å². The normalized spacial score (nSPS) is 22.9. The molecule has 1 amide bonds. The monoisotopic (exact) mass is 404 g/mol. The van der Waals surface area contributed by atoms with Crippen LogP contribution < -0.4 is 0 Å². The average Bonchev–Trinajstić information content (AvgIpc) is 3.28. The van der Waals surface area contributed by atoms with Crippen LogP contribution in [0.25, 0.3) is 11.1 Å². The topological polar surface area (TPSA) is 57.7 Å². The van der Waals surface area contributed by atoms with E-state index in [2.05, 4.69) is 12.1 Å². The standard InChI is InChI=1S/C20H24N2O3S2/c1-15-5-7-16(8-6-15)18-9-12-26-19(18)20(23)21-10-2-4-17(14-21)22-11-3-13-27(22,24)25/h5-9,12,17H,2-4,10-11,13-14H2,1H3. The Morgan fingerprint density at radius 3 is 2.59 bits per heavy atom. The van der Waals surface area contributed by atoms with E-state index >= 15 is 0 Å². The fourth-order valence-corrected chi connectivity index (χ4v) is 6.67. The third kappa shape index (κ3) is 3.68. The number of benzene rings is 1. The van der Waals surface area contributed by atoms with E-state index in [4.69, 9.17) is 0 Å². The molecule has 0 spiro atoms. The molecule has 2 aromatic rings. The van der Waals surface area contributed by atoms with Crippen molar-refractivity contribution in [3.63, 3.8) is 0 Å². The number of amides is 1. The highest BCUT2D eigenvalue weighted by molar-refractivity contribution is 7.89. The van der Waals surface area contributed by atoms with Crippen molar-refractivity contribution < 1.29 is 13.2 Å². The summed E-state index contributed by atoms with van der Waals surface area (Å²) in [6.45, 7) is 3.81. The lowest BCUT2D eigenvalue weighted by atomic mass is 10.0. The summed E-state index contributed by atoms with van der Waals surface area (Å²) in [6.07, 6.45) is 2.36. The van der Waals surface area contributed by atoms with E-state index in [1.165, 1.54) is 16.9 Å². The molecular formula is C20H24N2O3S2. The summed E-state index contributed by atoms with van der Waals surface area (Å²) in [5.74, 6) is 0.252. The second-order valence-corrected chi connectivity index (χ2v) is 10.3. The highest BCUT2D eigenvalue weighted by Crippen LogP contribution is 2.31. The van der Waals surface area contributed by atoms with Crippen LogP contribution in [-0.4, -0.2) is 55.0 Å². The Morgan fingerprint density at radius 1 is 1.11 bits per heavy atom. The minimum Gasteiger partial charge on any atom is -0.336 e. The molecule has 2 saturated heterocycles. The maximum Gasteiger partial charge on any atom is 0.264 e. The minimum atomic E-state index is -3.15. The molecule has 4 rings (SSSR count). The van der Waals surface area contributed by atoms with Crippen LogP contribution in [0.15, 0.2) is 35.7 Å². The molecule has 0 radical (unpaired) electrons. The number of aryl methyl sites for hydroxylation is 1. The second kappa shape index (κ2) is 7.37. The Labute approximate surface area is 164 Å². The number of nitrogens with zero attached hydrogens (tertiary/aromatic N) is 2. The first kappa shape index (κ1) is 18.7. The van der Waals surface area contributed by atoms with Crippen LogP contribution in [0.5, 0.6) is 0 Å². The highest BCUT2D eigenvalue weighted by Gasteiger charge is 2.38. The number of thiophene rings is 1. The van der Waals surface area contributed by atoms with E-state index in [1.807, 2.05) is 35.4 Å². The van der Waals surface area contributed by atoms with Gasteiger partial charge >= 0.3 is 0 Å². The second-order valence-electron chi connectivity index (χ2n) is 7.36. The molecular weight excluding hydrogens is 380 g/mol. The first-order valence-electron chi connectivity index (χ1n) is 9.39. The van der Waals surface area contributed by atoms with Gasteiger partial charge in [0, 0.05) is 31.2 Å². The van der Waals surface area contributed by atoms with Crippen molar-refractivity contribution in [2.24, 2.45) is 0 Å². The summed E-state index contributed by atoms with van der Waals surface area (Å²) in [4.78, 5) is 15.8. The van der Waals surface area contributed by atoms with Crippen LogP contribution in [0.2, 0.25) is 0 Å². The first-order valence-corrected chi connectivity index (χ1v) is 11.9. The lowest BCUT2D eigenvalue weighted by molar-refractivity contribution is 0.0664. The van der Waals surface area contributed by atoms with E-state index in [9.17, 15) is 13.2 Å². The third-order valence-corrected chi connectivity index (χ3v) is 8.35. The summed E-state index contributed by atoms with van der Waals surface area (Å²) in [5.41, 5.74) is 3.19. The fourth-order valence-electron chi connectivity index (χ4n) is 4.02. The number of likely N-dealkylation sites (tertiary alicyclic amines) is 1. The zero-order valence-electron chi connectivity index (χ0n) is 15.4. The Balaban J connectivity index is 1.55. The van der Waals surface area contributed by atoms with Gasteiger partial charge in [-0.05, 0) is 43.2 Å². The molecule has 0 aliphatic carbocycles. The summed E-state index contributed by atoms with van der Waals surface area (Å²) in [6, 6.07) is 10.1. The number of rotatable bonds is 3. The van der Waals surface area contributed by atoms with Crippen LogP contribution in [0.3, 0.4) is 0 Å². The van der Waals surface area contributed by atoms with Gasteiger partial charge in [0.05, 0.1) is 10.6 Å². The van der Waals surface area contributed by atoms with Crippen LogP contribution in [0.4, 0.5) is 0 Å². The number of hydrogen-bond acceptors (Lipinski definition) is 4. The molecule has 2 aliphatic heterocycles. The molecule has 0 N–H and O–H groups in total. The summed E-state index contributed by atoms with van der Waals surface area (Å²) >= 11 is 1.46. The molecule has 1 aromatic heterocycles. The molecule has 27 heavy (non-hydrogen) atoms. The molecule has 3 heterocycles. The van der Waals surface area contributed by atoms with Crippen molar-refractivity contribution in [1.82, 2.24) is 9.21 Å². The lowest BCUT2D eigenvalue weighted by Crippen LogP contribution is -2.50. The SMILES string of the molecule is Cc1ccc(-c2ccsc2C(=O)N2CCCC(N3CCCS3(=O)=O)C2)cc1. The Morgan fingerprint density at radius 2 is 1.89 bits per heavy atom. The Hall–Kier alpha value is -1.70. The molecule has 1 aromatic carbocycles. The third-order valence-electron chi connectivity index (χ3n) is 5.45. The van der Waals surface area contributed by atoms with Gasteiger partial charge in [0.25, 0.3) is 5.91 Å². The van der Waals surface area contributed by atoms with E-state index in [0.29, 0.717) is 26.1 Å². The van der Waals surface area contributed by atoms with E-state index in [1.54, 1.807) is 4.31 Å². The number of piperidine rings is 1. The summed E-state index contributed by atoms with van der Waals surface area (Å²) < 4.78 is 26.1. The van der Waals surface area contributed by atoms with Crippen molar-refractivity contribution in [2.75, 3.05) is 25.4 Å². The van der Waals surface area contributed by atoms with Gasteiger partial charge in [0.2, 0.25) is 10.0 Å². The lowest BCUT2D eigenvalue weighted by Gasteiger charge is -2.36. The molecule has 1 unspecified atom stereocenters. The van der Waals surface area contributed by atoms with Gasteiger partial charge in [0.1, 0.15) is 0 Å². The van der Waals surface area contributed by atoms with Crippen LogP contribution in [-0.2, 0) is 10.0 Å². The van der Waals surface area contributed by atoms with Gasteiger partial charge in [0.15, 0.2) is 0 Å². The number of carbonyl (C=O) groups is 1. The first-order chi connectivity index (χ1) is 13.0. The van der Waals surface area contributed by atoms with Gasteiger partial charge in [-0.1, -0.05) is 29.8 Å². The number of hydrogen-bond donors (Lipinski definition) is 0. The van der Waals surface area contributed by atoms with E-state index in [0.717, 1.165) is 28.8 Å². The maximum atomic E-state index is 13.2. The number of sulfonamides is 1. The van der Waals surface area contributed by atoms with E-state index < -0.39 is 10.0 Å². The highest BCUT2D eigenvalue weighted by atomic mass is 32.2. The molecule has 0 bridgehead atoms. The van der Waals surface area contributed by atoms with Crippen molar-refractivity contribution >= 4 is 27.3 Å². The molecule has 7 heteroatoms. The van der Waals surface area contributed by atoms with Crippen LogP contribution in [0, 0.1) is 6.92 Å². The van der Waals surface area contributed by atoms with Crippen molar-refractivity contribution in [2.45, 2.75) is 32.2 Å². The van der Waals surface area contributed by atoms with Crippen molar-refractivity contribution in [3.8, 4) is 11.1 Å². The van der Waals surface area contributed by atoms with Gasteiger partial charge in [-0.3, -0.25) is 4.79 Å². The molecule has 1 atom stereocenters. The zero-order valence-corrected chi connectivity index (χ0v) is 17.1. The van der Waals surface area contributed by atoms with Gasteiger partial charge in [-0.2, -0.15) is 4.31 Å². The fraction of sp³-hybridized carbons (Fsp3) is 0.450. The minimum absolute atomic E-state index is 0.0156. The molecule has 0 saturated carbocycles. The zero-order chi connectivity index (χ0) is 19.0. The Kier molecular flexibility index (Phi) is 5.09. The smallest absolute Gasteiger partial charge is 0.264 e. The quantitative estimate of drug-likeness (QED) is 0.788. The maximum absolute atomic E-state index is 13.2. The molecule has 2 aliphatic rings. The van der Waals surface area contributed by atoms with Gasteiger partial charge in [-0.15, -0.1) is 11.3 Å². The van der Waals surface area contributed by atoms with Crippen molar-refractivity contribution in [3.05, 3.63) is 46.2 Å². The predicted octanol–water partition coefficient (Wildman–Crippen LogP) is 3.36. The predicted molar refractivity (Wildman–Crippen MR) is 109 cm³/mol. The average molecular weight is 405 g/mol. The summed E-state index contributed by atoms with van der Waals surface area (Å²) in [5, 5.41) is 1.95. The number of carbonyl (C=O) groups excluding carboxylic acids is 1. The molecule has 5 nitrogen and oxygen atoms in total. The van der Waals surface area contributed by atoms with Crippen molar-refractivity contribution in [1.29, 1.82) is 0 Å². The summed E-state index contributed by atoms with van der Waals surface area (Å²) in [7, 11) is -3.15. The molecule has 2 fully saturated rings. The largest absolute Gasteiger partial charge is 0.336 e. The van der Waals surface area contributed by atoms with E-state index in [-0.39, 0.29) is 17.7 Å². The van der Waals surface area contributed by atoms with Crippen LogP contribution >= 0.6 is 11.3 Å². The Bertz CT molecular complexity index is 934. The van der Waals surface area contributed by atoms with Gasteiger partial charge in [-0.25, -0.2) is 8.42 Å². The van der Waals surface area contributed by atoms with Crippen LogP contribution in [0.1, 0.15) is 34.5 Å².